The van der Waals surface area contributed by atoms with E-state index in [0.29, 0.717) is 13.0 Å². The molecule has 4 rings (SSSR count). The van der Waals surface area contributed by atoms with Crippen LogP contribution in [0.25, 0.3) is 0 Å². The monoisotopic (exact) mass is 395 g/mol. The molecule has 1 aromatic carbocycles. The first-order valence-corrected chi connectivity index (χ1v) is 11.0. The van der Waals surface area contributed by atoms with Crippen molar-refractivity contribution in [2.45, 2.75) is 51.1 Å². The van der Waals surface area contributed by atoms with Gasteiger partial charge in [-0.1, -0.05) is 43.3 Å². The number of nitrogens with zero attached hydrogens (tertiary/aromatic N) is 3. The zero-order valence-corrected chi connectivity index (χ0v) is 17.5. The van der Waals surface area contributed by atoms with Gasteiger partial charge < -0.3 is 10.0 Å². The summed E-state index contributed by atoms with van der Waals surface area (Å²) in [5.74, 6) is 0.386. The van der Waals surface area contributed by atoms with Gasteiger partial charge in [-0.3, -0.25) is 14.6 Å². The van der Waals surface area contributed by atoms with Crippen molar-refractivity contribution in [3.05, 3.63) is 59.5 Å². The van der Waals surface area contributed by atoms with Crippen LogP contribution >= 0.6 is 0 Å². The zero-order chi connectivity index (χ0) is 20.3. The predicted molar refractivity (Wildman–Crippen MR) is 115 cm³/mol. The number of hydrogen-bond acceptors (Lipinski definition) is 4. The van der Waals surface area contributed by atoms with Gasteiger partial charge in [0.05, 0.1) is 5.70 Å². The lowest BCUT2D eigenvalue weighted by atomic mass is 10.1. The summed E-state index contributed by atoms with van der Waals surface area (Å²) in [5, 5.41) is 10.4. The van der Waals surface area contributed by atoms with Gasteiger partial charge in [-0.15, -0.1) is 0 Å². The van der Waals surface area contributed by atoms with Gasteiger partial charge in [0.15, 0.2) is 0 Å². The fourth-order valence-electron chi connectivity index (χ4n) is 4.67. The summed E-state index contributed by atoms with van der Waals surface area (Å²) in [5.41, 5.74) is 2.28. The molecule has 1 aromatic rings. The average Bonchev–Trinajstić information content (AvgIpc) is 3.54. The molecule has 0 spiro atoms. The van der Waals surface area contributed by atoms with E-state index >= 15 is 0 Å². The van der Waals surface area contributed by atoms with E-state index in [0.717, 1.165) is 64.1 Å². The lowest BCUT2D eigenvalue weighted by Crippen LogP contribution is -2.55. The quantitative estimate of drug-likeness (QED) is 0.765. The molecule has 2 fully saturated rings. The predicted octanol–water partition coefficient (Wildman–Crippen LogP) is 3.70. The number of aliphatic hydroxyl groups excluding tert-OH is 1. The first-order chi connectivity index (χ1) is 14.1. The SMILES string of the molecule is CCC(=O)N(CC1(N2CCN(Cc3ccccc3)CC2)CC1)C1=C(O)C=CCC1. The zero-order valence-electron chi connectivity index (χ0n) is 17.5. The minimum Gasteiger partial charge on any atom is -0.506 e. The Morgan fingerprint density at radius 2 is 1.86 bits per heavy atom. The van der Waals surface area contributed by atoms with Crippen molar-refractivity contribution in [1.29, 1.82) is 0 Å². The summed E-state index contributed by atoms with van der Waals surface area (Å²) in [6.07, 6.45) is 8.11. The highest BCUT2D eigenvalue weighted by atomic mass is 16.3. The normalized spacial score (nSPS) is 22.0. The Hall–Kier alpha value is -2.11. The molecule has 0 radical (unpaired) electrons. The van der Waals surface area contributed by atoms with Gasteiger partial charge in [0, 0.05) is 51.2 Å². The molecule has 156 valence electrons. The van der Waals surface area contributed by atoms with Gasteiger partial charge in [-0.05, 0) is 37.3 Å². The van der Waals surface area contributed by atoms with Crippen LogP contribution in [-0.2, 0) is 11.3 Å². The summed E-state index contributed by atoms with van der Waals surface area (Å²) in [4.78, 5) is 19.7. The van der Waals surface area contributed by atoms with Crippen molar-refractivity contribution < 1.29 is 9.90 Å². The van der Waals surface area contributed by atoms with Crippen LogP contribution in [0.3, 0.4) is 0 Å². The van der Waals surface area contributed by atoms with Gasteiger partial charge in [0.25, 0.3) is 0 Å². The summed E-state index contributed by atoms with van der Waals surface area (Å²) in [7, 11) is 0. The lowest BCUT2D eigenvalue weighted by Gasteiger charge is -2.42. The Balaban J connectivity index is 1.39. The topological polar surface area (TPSA) is 47.0 Å². The molecule has 2 aliphatic carbocycles. The lowest BCUT2D eigenvalue weighted by molar-refractivity contribution is -0.130. The van der Waals surface area contributed by atoms with Crippen LogP contribution in [0.1, 0.15) is 44.6 Å². The minimum atomic E-state index is 0.0953. The van der Waals surface area contributed by atoms with E-state index in [1.165, 1.54) is 5.56 Å². The fraction of sp³-hybridized carbons (Fsp3) is 0.542. The summed E-state index contributed by atoms with van der Waals surface area (Å²) in [6.45, 7) is 7.86. The van der Waals surface area contributed by atoms with Crippen LogP contribution in [0.2, 0.25) is 0 Å². The van der Waals surface area contributed by atoms with E-state index in [4.69, 9.17) is 0 Å². The van der Waals surface area contributed by atoms with Gasteiger partial charge in [-0.25, -0.2) is 0 Å². The molecule has 1 saturated heterocycles. The molecule has 1 heterocycles. The Kier molecular flexibility index (Phi) is 6.07. The average molecular weight is 396 g/mol. The third-order valence-electron chi connectivity index (χ3n) is 6.62. The Labute approximate surface area is 174 Å². The molecule has 1 amide bonds. The molecule has 5 heteroatoms. The van der Waals surface area contributed by atoms with Crippen molar-refractivity contribution in [3.8, 4) is 0 Å². The molecule has 1 aliphatic heterocycles. The number of aliphatic hydroxyl groups is 1. The molecule has 0 unspecified atom stereocenters. The highest BCUT2D eigenvalue weighted by Gasteiger charge is 2.50. The van der Waals surface area contributed by atoms with Crippen LogP contribution < -0.4 is 0 Å². The summed E-state index contributed by atoms with van der Waals surface area (Å²) < 4.78 is 0. The second kappa shape index (κ2) is 8.72. The van der Waals surface area contributed by atoms with Crippen LogP contribution in [0.5, 0.6) is 0 Å². The van der Waals surface area contributed by atoms with Crippen LogP contribution in [0, 0.1) is 0 Å². The number of amides is 1. The maximum absolute atomic E-state index is 12.7. The van der Waals surface area contributed by atoms with Gasteiger partial charge in [0.1, 0.15) is 5.76 Å². The van der Waals surface area contributed by atoms with Crippen LogP contribution in [0.4, 0.5) is 0 Å². The Morgan fingerprint density at radius 3 is 2.48 bits per heavy atom. The van der Waals surface area contributed by atoms with Crippen molar-refractivity contribution in [2.24, 2.45) is 0 Å². The van der Waals surface area contributed by atoms with Gasteiger partial charge >= 0.3 is 0 Å². The Bertz CT molecular complexity index is 775. The van der Waals surface area contributed by atoms with Crippen molar-refractivity contribution in [2.75, 3.05) is 32.7 Å². The third kappa shape index (κ3) is 4.57. The molecular weight excluding hydrogens is 362 g/mol. The smallest absolute Gasteiger partial charge is 0.226 e. The van der Waals surface area contributed by atoms with Crippen molar-refractivity contribution in [3.63, 3.8) is 0 Å². The molecule has 1 saturated carbocycles. The molecular formula is C24H33N3O2. The fourth-order valence-corrected chi connectivity index (χ4v) is 4.67. The number of piperazine rings is 1. The first kappa shape index (κ1) is 20.2. The number of benzene rings is 1. The number of allylic oxidation sites excluding steroid dienone is 3. The maximum atomic E-state index is 12.7. The van der Waals surface area contributed by atoms with E-state index in [9.17, 15) is 9.90 Å². The second-order valence-electron chi connectivity index (χ2n) is 8.58. The van der Waals surface area contributed by atoms with E-state index in [1.807, 2.05) is 17.9 Å². The number of hydrogen-bond donors (Lipinski definition) is 1. The maximum Gasteiger partial charge on any atom is 0.226 e. The van der Waals surface area contributed by atoms with E-state index in [2.05, 4.69) is 40.1 Å². The standard InChI is InChI=1S/C24H33N3O2/c1-2-23(29)27(21-10-6-7-11-22(21)28)19-24(12-13-24)26-16-14-25(15-17-26)18-20-8-4-3-5-9-20/h3-5,7-9,11,28H,2,6,10,12-19H2,1H3. The molecule has 0 atom stereocenters. The third-order valence-corrected chi connectivity index (χ3v) is 6.62. The van der Waals surface area contributed by atoms with E-state index < -0.39 is 0 Å². The van der Waals surface area contributed by atoms with Crippen LogP contribution in [-0.4, -0.2) is 64.0 Å². The molecule has 5 nitrogen and oxygen atoms in total. The number of carbonyl (C=O) groups excluding carboxylic acids is 1. The van der Waals surface area contributed by atoms with E-state index in [1.54, 1.807) is 6.08 Å². The molecule has 3 aliphatic rings. The van der Waals surface area contributed by atoms with E-state index in [-0.39, 0.29) is 17.2 Å². The van der Waals surface area contributed by atoms with Crippen molar-refractivity contribution in [1.82, 2.24) is 14.7 Å². The largest absolute Gasteiger partial charge is 0.506 e. The molecule has 0 aromatic heterocycles. The second-order valence-corrected chi connectivity index (χ2v) is 8.58. The molecule has 29 heavy (non-hydrogen) atoms. The van der Waals surface area contributed by atoms with Gasteiger partial charge in [0.2, 0.25) is 5.91 Å². The molecule has 1 N–H and O–H groups in total. The summed E-state index contributed by atoms with van der Waals surface area (Å²) >= 11 is 0. The van der Waals surface area contributed by atoms with Crippen LogP contribution in [0.15, 0.2) is 53.9 Å². The van der Waals surface area contributed by atoms with Gasteiger partial charge in [-0.2, -0.15) is 0 Å². The first-order valence-electron chi connectivity index (χ1n) is 11.0. The molecule has 0 bridgehead atoms. The minimum absolute atomic E-state index is 0.0953. The highest BCUT2D eigenvalue weighted by Crippen LogP contribution is 2.44. The summed E-state index contributed by atoms with van der Waals surface area (Å²) in [6, 6.07) is 10.7. The van der Waals surface area contributed by atoms with Crippen molar-refractivity contribution >= 4 is 5.91 Å². The number of carbonyl (C=O) groups is 1. The highest BCUT2D eigenvalue weighted by molar-refractivity contribution is 5.78. The number of rotatable bonds is 7. The Morgan fingerprint density at radius 1 is 1.14 bits per heavy atom.